The molecule has 0 amide bonds. The third-order valence-electron chi connectivity index (χ3n) is 4.31. The minimum absolute atomic E-state index is 0.537. The van der Waals surface area contributed by atoms with Crippen molar-refractivity contribution in [3.05, 3.63) is 29.6 Å². The van der Waals surface area contributed by atoms with Crippen LogP contribution in [0.3, 0.4) is 0 Å². The average molecular weight is 270 g/mol. The molecule has 2 aromatic rings. The van der Waals surface area contributed by atoms with E-state index in [0.717, 1.165) is 22.9 Å². The van der Waals surface area contributed by atoms with Gasteiger partial charge in [-0.15, -0.1) is 10.2 Å². The van der Waals surface area contributed by atoms with Gasteiger partial charge < -0.3 is 10.3 Å². The third kappa shape index (κ3) is 2.30. The quantitative estimate of drug-likeness (QED) is 0.847. The molecule has 4 nitrogen and oxygen atoms in total. The molecule has 2 N–H and O–H groups in total. The van der Waals surface area contributed by atoms with E-state index in [1.807, 2.05) is 19.1 Å². The van der Waals surface area contributed by atoms with Crippen LogP contribution in [0.5, 0.6) is 0 Å². The van der Waals surface area contributed by atoms with Gasteiger partial charge in [0.1, 0.15) is 5.82 Å². The average Bonchev–Trinajstić information content (AvgIpc) is 2.84. The zero-order chi connectivity index (χ0) is 14.1. The summed E-state index contributed by atoms with van der Waals surface area (Å²) in [6.07, 6.45) is 6.42. The highest BCUT2D eigenvalue weighted by atomic mass is 15.3. The molecule has 1 aromatic carbocycles. The van der Waals surface area contributed by atoms with Crippen LogP contribution in [0, 0.1) is 13.8 Å². The van der Waals surface area contributed by atoms with Gasteiger partial charge in [0.05, 0.1) is 0 Å². The van der Waals surface area contributed by atoms with E-state index in [2.05, 4.69) is 27.8 Å². The molecule has 0 atom stereocenters. The van der Waals surface area contributed by atoms with Crippen LogP contribution in [-0.4, -0.2) is 14.8 Å². The van der Waals surface area contributed by atoms with Crippen molar-refractivity contribution >= 4 is 5.69 Å². The fraction of sp³-hybridized carbons (Fsp3) is 0.500. The van der Waals surface area contributed by atoms with E-state index < -0.39 is 0 Å². The maximum atomic E-state index is 5.94. The number of hydrogen-bond acceptors (Lipinski definition) is 3. The van der Waals surface area contributed by atoms with Gasteiger partial charge in [-0.1, -0.05) is 25.3 Å². The number of anilines is 1. The molecule has 0 bridgehead atoms. The Bertz CT molecular complexity index is 609. The van der Waals surface area contributed by atoms with Gasteiger partial charge in [0.15, 0.2) is 5.82 Å². The summed E-state index contributed by atoms with van der Waals surface area (Å²) in [6.45, 7) is 4.15. The van der Waals surface area contributed by atoms with Gasteiger partial charge in [-0.05, 0) is 44.4 Å². The van der Waals surface area contributed by atoms with Crippen molar-refractivity contribution in [1.82, 2.24) is 14.8 Å². The normalized spacial score (nSPS) is 16.5. The Hall–Kier alpha value is -1.84. The second kappa shape index (κ2) is 5.27. The van der Waals surface area contributed by atoms with Crippen molar-refractivity contribution in [2.45, 2.75) is 52.0 Å². The molecule has 1 aromatic heterocycles. The second-order valence-corrected chi connectivity index (χ2v) is 5.81. The van der Waals surface area contributed by atoms with Crippen LogP contribution in [-0.2, 0) is 0 Å². The lowest BCUT2D eigenvalue weighted by atomic mass is 9.94. The number of nitrogens with two attached hydrogens (primary N) is 1. The summed E-state index contributed by atoms with van der Waals surface area (Å²) < 4.78 is 2.32. The molecule has 0 radical (unpaired) electrons. The molecule has 1 aliphatic carbocycles. The van der Waals surface area contributed by atoms with Crippen molar-refractivity contribution in [3.63, 3.8) is 0 Å². The van der Waals surface area contributed by atoms with Crippen LogP contribution in [0.25, 0.3) is 11.4 Å². The highest BCUT2D eigenvalue weighted by Gasteiger charge is 2.22. The first-order chi connectivity index (χ1) is 9.66. The Kier molecular flexibility index (Phi) is 3.47. The predicted molar refractivity (Wildman–Crippen MR) is 81.5 cm³/mol. The monoisotopic (exact) mass is 270 g/mol. The molecule has 1 saturated carbocycles. The van der Waals surface area contributed by atoms with Crippen LogP contribution < -0.4 is 5.73 Å². The molecule has 0 aliphatic heterocycles. The van der Waals surface area contributed by atoms with Crippen molar-refractivity contribution in [2.24, 2.45) is 0 Å². The molecule has 1 heterocycles. The van der Waals surface area contributed by atoms with Gasteiger partial charge in [-0.2, -0.15) is 0 Å². The molecule has 106 valence electrons. The highest BCUT2D eigenvalue weighted by Crippen LogP contribution is 2.34. The van der Waals surface area contributed by atoms with Gasteiger partial charge in [-0.25, -0.2) is 0 Å². The van der Waals surface area contributed by atoms with Crippen molar-refractivity contribution < 1.29 is 0 Å². The lowest BCUT2D eigenvalue weighted by molar-refractivity contribution is 0.350. The number of nitrogens with zero attached hydrogens (tertiary/aromatic N) is 3. The van der Waals surface area contributed by atoms with Gasteiger partial charge in [0.25, 0.3) is 0 Å². The zero-order valence-corrected chi connectivity index (χ0v) is 12.3. The molecule has 3 rings (SSSR count). The fourth-order valence-corrected chi connectivity index (χ4v) is 3.21. The number of hydrogen-bond donors (Lipinski definition) is 1. The summed E-state index contributed by atoms with van der Waals surface area (Å²) in [5.41, 5.74) is 9.03. The molecule has 4 heteroatoms. The van der Waals surface area contributed by atoms with Gasteiger partial charge in [0, 0.05) is 17.3 Å². The summed E-state index contributed by atoms with van der Waals surface area (Å²) in [6, 6.07) is 6.54. The summed E-state index contributed by atoms with van der Waals surface area (Å²) in [4.78, 5) is 0. The SMILES string of the molecule is Cc1ccc(N)cc1-c1nnc(C)n1C1CCCCC1. The summed E-state index contributed by atoms with van der Waals surface area (Å²) in [5, 5.41) is 8.73. The van der Waals surface area contributed by atoms with Crippen LogP contribution >= 0.6 is 0 Å². The Labute approximate surface area is 120 Å². The van der Waals surface area contributed by atoms with E-state index in [9.17, 15) is 0 Å². The minimum Gasteiger partial charge on any atom is -0.399 e. The van der Waals surface area contributed by atoms with E-state index in [4.69, 9.17) is 5.73 Å². The maximum Gasteiger partial charge on any atom is 0.164 e. The first-order valence-electron chi connectivity index (χ1n) is 7.45. The van der Waals surface area contributed by atoms with Gasteiger partial charge in [-0.3, -0.25) is 0 Å². The maximum absolute atomic E-state index is 5.94. The number of nitrogen functional groups attached to an aromatic ring is 1. The molecular weight excluding hydrogens is 248 g/mol. The van der Waals surface area contributed by atoms with Gasteiger partial charge in [0.2, 0.25) is 0 Å². The minimum atomic E-state index is 0.537. The summed E-state index contributed by atoms with van der Waals surface area (Å²) >= 11 is 0. The zero-order valence-electron chi connectivity index (χ0n) is 12.3. The molecule has 0 spiro atoms. The molecule has 0 unspecified atom stereocenters. The second-order valence-electron chi connectivity index (χ2n) is 5.81. The van der Waals surface area contributed by atoms with Crippen LogP contribution in [0.4, 0.5) is 5.69 Å². The van der Waals surface area contributed by atoms with Crippen molar-refractivity contribution in [1.29, 1.82) is 0 Å². The number of rotatable bonds is 2. The summed E-state index contributed by atoms with van der Waals surface area (Å²) in [5.74, 6) is 1.98. The molecule has 1 fully saturated rings. The molecule has 20 heavy (non-hydrogen) atoms. The number of aromatic nitrogens is 3. The Balaban J connectivity index is 2.08. The predicted octanol–water partition coefficient (Wildman–Crippen LogP) is 3.65. The first-order valence-corrected chi connectivity index (χ1v) is 7.45. The Morgan fingerprint density at radius 3 is 2.60 bits per heavy atom. The van der Waals surface area contributed by atoms with Crippen molar-refractivity contribution in [3.8, 4) is 11.4 Å². The van der Waals surface area contributed by atoms with E-state index >= 15 is 0 Å². The van der Waals surface area contributed by atoms with Crippen molar-refractivity contribution in [2.75, 3.05) is 5.73 Å². The fourth-order valence-electron chi connectivity index (χ4n) is 3.21. The van der Waals surface area contributed by atoms with Crippen LogP contribution in [0.2, 0.25) is 0 Å². The lowest BCUT2D eigenvalue weighted by Crippen LogP contribution is -2.15. The molecular formula is C16H22N4. The number of benzene rings is 1. The largest absolute Gasteiger partial charge is 0.399 e. The van der Waals surface area contributed by atoms with E-state index in [1.54, 1.807) is 0 Å². The first kappa shape index (κ1) is 13.2. The summed E-state index contributed by atoms with van der Waals surface area (Å²) in [7, 11) is 0. The molecule has 1 aliphatic rings. The Morgan fingerprint density at radius 1 is 1.10 bits per heavy atom. The Morgan fingerprint density at radius 2 is 1.85 bits per heavy atom. The highest BCUT2D eigenvalue weighted by molar-refractivity contribution is 5.65. The topological polar surface area (TPSA) is 56.7 Å². The smallest absolute Gasteiger partial charge is 0.164 e. The van der Waals surface area contributed by atoms with Gasteiger partial charge >= 0.3 is 0 Å². The van der Waals surface area contributed by atoms with E-state index in [0.29, 0.717) is 6.04 Å². The standard InChI is InChI=1S/C16H22N4/c1-11-8-9-13(17)10-15(11)16-19-18-12(2)20(16)14-6-4-3-5-7-14/h8-10,14H,3-7,17H2,1-2H3. The van der Waals surface area contributed by atoms with Crippen LogP contribution in [0.15, 0.2) is 18.2 Å². The van der Waals surface area contributed by atoms with E-state index in [1.165, 1.54) is 37.7 Å². The molecule has 0 saturated heterocycles. The van der Waals surface area contributed by atoms with Crippen LogP contribution in [0.1, 0.15) is 49.5 Å². The number of aryl methyl sites for hydroxylation is 2. The lowest BCUT2D eigenvalue weighted by Gasteiger charge is -2.25. The van der Waals surface area contributed by atoms with E-state index in [-0.39, 0.29) is 0 Å². The third-order valence-corrected chi connectivity index (χ3v) is 4.31.